The summed E-state index contributed by atoms with van der Waals surface area (Å²) in [6.07, 6.45) is -3.66. The molecule has 3 N–H and O–H groups in total. The van der Waals surface area contributed by atoms with Gasteiger partial charge in [-0.1, -0.05) is 12.1 Å². The molecule has 2 heterocycles. The Balaban J connectivity index is 1.46. The Bertz CT molecular complexity index is 1690. The van der Waals surface area contributed by atoms with Crippen LogP contribution < -0.4 is 10.0 Å². The van der Waals surface area contributed by atoms with Gasteiger partial charge in [0.1, 0.15) is 17.0 Å². The molecule has 14 heteroatoms. The first-order chi connectivity index (χ1) is 18.8. The van der Waals surface area contributed by atoms with Crippen molar-refractivity contribution in [3.05, 3.63) is 83.6 Å². The Morgan fingerprint density at radius 3 is 2.25 bits per heavy atom. The molecule has 2 aromatic heterocycles. The van der Waals surface area contributed by atoms with Gasteiger partial charge < -0.3 is 15.0 Å². The second-order valence-electron chi connectivity index (χ2n) is 9.31. The van der Waals surface area contributed by atoms with Crippen molar-refractivity contribution in [3.8, 4) is 0 Å². The zero-order valence-electron chi connectivity index (χ0n) is 20.9. The number of rotatable bonds is 8. The third-order valence-electron chi connectivity index (χ3n) is 6.46. The Morgan fingerprint density at radius 2 is 1.68 bits per heavy atom. The van der Waals surface area contributed by atoms with Gasteiger partial charge in [0, 0.05) is 23.8 Å². The van der Waals surface area contributed by atoms with Crippen LogP contribution in [0.5, 0.6) is 0 Å². The average molecular weight is 578 g/mol. The number of nitrogens with one attached hydrogen (secondary N) is 2. The van der Waals surface area contributed by atoms with Crippen LogP contribution in [0, 0.1) is 5.82 Å². The first-order valence-electron chi connectivity index (χ1n) is 12.2. The highest BCUT2D eigenvalue weighted by molar-refractivity contribution is 7.89. The number of carbonyl (C=O) groups excluding carboxylic acids is 1. The summed E-state index contributed by atoms with van der Waals surface area (Å²) in [7, 11) is -3.67. The fourth-order valence-corrected chi connectivity index (χ4v) is 5.52. The quantitative estimate of drug-likeness (QED) is 0.271. The maximum absolute atomic E-state index is 14.3. The Kier molecular flexibility index (Phi) is 6.88. The molecule has 0 aliphatic heterocycles. The van der Waals surface area contributed by atoms with E-state index in [1.54, 1.807) is 0 Å². The molecule has 9 nitrogen and oxygen atoms in total. The van der Waals surface area contributed by atoms with Gasteiger partial charge >= 0.3 is 6.18 Å². The van der Waals surface area contributed by atoms with Crippen LogP contribution in [0.4, 0.5) is 23.2 Å². The lowest BCUT2D eigenvalue weighted by atomic mass is 9.92. The highest BCUT2D eigenvalue weighted by Gasteiger charge is 2.59. The minimum absolute atomic E-state index is 0.00379. The number of amides is 1. The lowest BCUT2D eigenvalue weighted by Crippen LogP contribution is -2.45. The topological polar surface area (TPSA) is 126 Å². The zero-order chi connectivity index (χ0) is 28.9. The van der Waals surface area contributed by atoms with Crippen molar-refractivity contribution in [2.24, 2.45) is 0 Å². The second kappa shape index (κ2) is 9.94. The number of alkyl halides is 3. The molecule has 1 amide bonds. The van der Waals surface area contributed by atoms with E-state index < -0.39 is 44.9 Å². The van der Waals surface area contributed by atoms with Crippen LogP contribution in [0.25, 0.3) is 11.2 Å². The first-order valence-corrected chi connectivity index (χ1v) is 13.7. The average Bonchev–Trinajstić information content (AvgIpc) is 3.63. The third-order valence-corrected chi connectivity index (χ3v) is 7.99. The van der Waals surface area contributed by atoms with Gasteiger partial charge in [-0.05, 0) is 68.3 Å². The summed E-state index contributed by atoms with van der Waals surface area (Å²) in [6, 6.07) is 11.2. The summed E-state index contributed by atoms with van der Waals surface area (Å²) in [5.74, 6) is -2.27. The number of anilines is 1. The van der Waals surface area contributed by atoms with Crippen molar-refractivity contribution >= 4 is 32.8 Å². The van der Waals surface area contributed by atoms with Crippen LogP contribution in [-0.2, 0) is 22.2 Å². The molecule has 210 valence electrons. The molecular weight excluding hydrogens is 554 g/mol. The summed E-state index contributed by atoms with van der Waals surface area (Å²) >= 11 is 0. The predicted molar refractivity (Wildman–Crippen MR) is 136 cm³/mol. The lowest BCUT2D eigenvalue weighted by Gasteiger charge is -2.30. The van der Waals surface area contributed by atoms with Crippen LogP contribution in [0.3, 0.4) is 0 Å². The highest BCUT2D eigenvalue weighted by Crippen LogP contribution is 2.44. The largest absolute Gasteiger partial charge is 0.428 e. The summed E-state index contributed by atoms with van der Waals surface area (Å²) in [5, 5.41) is 13.6. The van der Waals surface area contributed by atoms with Gasteiger partial charge in [-0.3, -0.25) is 4.79 Å². The maximum Gasteiger partial charge on any atom is 0.428 e. The standard InChI is InChI=1S/C26H23F4N5O4S/c1-2-35-22-20(33-24(35)25(37,26(28,29)30)15-3-5-16(27)6-4-15)13-14-21(32-22)23(36)31-17-9-11-19(12-10-17)40(38,39)34-18-7-8-18/h3-6,9-14,18,34,37H,2,7-8H2,1H3,(H,31,36). The maximum atomic E-state index is 14.3. The van der Waals surface area contributed by atoms with Crippen molar-refractivity contribution in [1.29, 1.82) is 0 Å². The number of nitrogens with zero attached hydrogens (tertiary/aromatic N) is 3. The summed E-state index contributed by atoms with van der Waals surface area (Å²) in [4.78, 5) is 21.2. The monoisotopic (exact) mass is 577 g/mol. The fourth-order valence-electron chi connectivity index (χ4n) is 4.22. The molecule has 1 atom stereocenters. The molecule has 5 rings (SSSR count). The van der Waals surface area contributed by atoms with Crippen molar-refractivity contribution in [3.63, 3.8) is 0 Å². The minimum atomic E-state index is -5.23. The molecule has 1 saturated carbocycles. The highest BCUT2D eigenvalue weighted by atomic mass is 32.2. The SMILES string of the molecule is CCn1c(C(O)(c2ccc(F)cc2)C(F)(F)F)nc2ccc(C(=O)Nc3ccc(S(=O)(=O)NC4CC4)cc3)nc21. The molecule has 1 fully saturated rings. The van der Waals surface area contributed by atoms with Gasteiger partial charge in [-0.25, -0.2) is 27.5 Å². The number of aryl methyl sites for hydroxylation is 1. The van der Waals surface area contributed by atoms with Crippen LogP contribution >= 0.6 is 0 Å². The molecule has 2 aromatic carbocycles. The predicted octanol–water partition coefficient (Wildman–Crippen LogP) is 4.08. The van der Waals surface area contributed by atoms with Crippen molar-refractivity contribution in [1.82, 2.24) is 19.3 Å². The van der Waals surface area contributed by atoms with Crippen LogP contribution in [0.2, 0.25) is 0 Å². The summed E-state index contributed by atoms with van der Waals surface area (Å²) in [5.41, 5.74) is -4.19. The molecule has 40 heavy (non-hydrogen) atoms. The molecule has 1 aliphatic rings. The number of hydrogen-bond acceptors (Lipinski definition) is 6. The van der Waals surface area contributed by atoms with E-state index in [-0.39, 0.29) is 40.0 Å². The van der Waals surface area contributed by atoms with Crippen LogP contribution in [0.1, 0.15) is 41.6 Å². The number of fused-ring (bicyclic) bond motifs is 1. The van der Waals surface area contributed by atoms with E-state index in [0.717, 1.165) is 41.7 Å². The van der Waals surface area contributed by atoms with Gasteiger partial charge in [0.2, 0.25) is 15.6 Å². The number of benzene rings is 2. The third kappa shape index (κ3) is 5.05. The summed E-state index contributed by atoms with van der Waals surface area (Å²) < 4.78 is 84.6. The van der Waals surface area contributed by atoms with E-state index >= 15 is 0 Å². The van der Waals surface area contributed by atoms with Gasteiger partial charge in [-0.15, -0.1) is 0 Å². The Labute approximate surface area is 225 Å². The molecule has 1 unspecified atom stereocenters. The van der Waals surface area contributed by atoms with Gasteiger partial charge in [0.25, 0.3) is 5.91 Å². The van der Waals surface area contributed by atoms with Crippen LogP contribution in [-0.4, -0.2) is 46.2 Å². The molecule has 0 bridgehead atoms. The number of sulfonamides is 1. The Morgan fingerprint density at radius 1 is 1.02 bits per heavy atom. The van der Waals surface area contributed by atoms with E-state index in [1.165, 1.54) is 43.3 Å². The zero-order valence-corrected chi connectivity index (χ0v) is 21.7. The molecule has 0 spiro atoms. The van der Waals surface area contributed by atoms with Crippen LogP contribution in [0.15, 0.2) is 65.6 Å². The van der Waals surface area contributed by atoms with Crippen molar-refractivity contribution < 1.29 is 35.9 Å². The lowest BCUT2D eigenvalue weighted by molar-refractivity contribution is -0.252. The first kappa shape index (κ1) is 27.7. The van der Waals surface area contributed by atoms with E-state index in [4.69, 9.17) is 0 Å². The number of hydrogen-bond donors (Lipinski definition) is 3. The fraction of sp³-hybridized carbons (Fsp3) is 0.269. The van der Waals surface area contributed by atoms with E-state index in [9.17, 15) is 35.9 Å². The van der Waals surface area contributed by atoms with E-state index in [1.807, 2.05) is 0 Å². The van der Waals surface area contributed by atoms with Crippen molar-refractivity contribution in [2.45, 2.75) is 49.0 Å². The van der Waals surface area contributed by atoms with E-state index in [2.05, 4.69) is 20.0 Å². The van der Waals surface area contributed by atoms with Crippen molar-refractivity contribution in [2.75, 3.05) is 5.32 Å². The van der Waals surface area contributed by atoms with Gasteiger partial charge in [0.15, 0.2) is 11.5 Å². The number of aromatic nitrogens is 3. The molecule has 1 aliphatic carbocycles. The molecule has 4 aromatic rings. The number of pyridine rings is 1. The number of imidazole rings is 1. The number of halogens is 4. The smallest absolute Gasteiger partial charge is 0.370 e. The molecular formula is C26H23F4N5O4S. The number of aliphatic hydroxyl groups is 1. The second-order valence-corrected chi connectivity index (χ2v) is 11.0. The number of carbonyl (C=O) groups is 1. The minimum Gasteiger partial charge on any atom is -0.370 e. The molecule has 0 radical (unpaired) electrons. The normalized spacial score (nSPS) is 15.7. The summed E-state index contributed by atoms with van der Waals surface area (Å²) in [6.45, 7) is 1.43. The van der Waals surface area contributed by atoms with Gasteiger partial charge in [0.05, 0.1) is 4.90 Å². The van der Waals surface area contributed by atoms with Gasteiger partial charge in [-0.2, -0.15) is 13.2 Å². The Hall–Kier alpha value is -3.88. The molecule has 0 saturated heterocycles. The van der Waals surface area contributed by atoms with E-state index in [0.29, 0.717) is 0 Å².